The van der Waals surface area contributed by atoms with Crippen LogP contribution in [0.1, 0.15) is 29.4 Å². The van der Waals surface area contributed by atoms with E-state index < -0.39 is 11.5 Å². The van der Waals surface area contributed by atoms with Crippen molar-refractivity contribution in [1.29, 1.82) is 0 Å². The molecule has 0 aliphatic carbocycles. The number of pyridine rings is 1. The zero-order chi connectivity index (χ0) is 17.3. The van der Waals surface area contributed by atoms with Crippen LogP contribution in [-0.2, 0) is 6.54 Å². The van der Waals surface area contributed by atoms with Crippen molar-refractivity contribution in [3.05, 3.63) is 51.3 Å². The molecule has 1 amide bonds. The van der Waals surface area contributed by atoms with E-state index in [0.29, 0.717) is 22.6 Å². The number of nitrogens with zero attached hydrogens (tertiary/aromatic N) is 2. The molecular weight excluding hydrogens is 326 g/mol. The minimum atomic E-state index is -0.651. The van der Waals surface area contributed by atoms with E-state index in [-0.39, 0.29) is 11.3 Å². The first-order chi connectivity index (χ1) is 11.5. The first kappa shape index (κ1) is 16.2. The third-order valence-electron chi connectivity index (χ3n) is 3.66. The predicted octanol–water partition coefficient (Wildman–Crippen LogP) is 3.13. The van der Waals surface area contributed by atoms with E-state index in [1.165, 1.54) is 15.9 Å². The molecule has 3 rings (SSSR count). The van der Waals surface area contributed by atoms with E-state index in [1.54, 1.807) is 29.6 Å². The topological polar surface area (TPSA) is 84.2 Å². The maximum Gasteiger partial charge on any atom is 0.267 e. The fourth-order valence-corrected chi connectivity index (χ4v) is 3.29. The predicted molar refractivity (Wildman–Crippen MR) is 95.0 cm³/mol. The number of carbonyl (C=O) groups excluding carboxylic acids is 1. The van der Waals surface area contributed by atoms with Crippen molar-refractivity contribution >= 4 is 33.3 Å². The molecule has 0 radical (unpaired) electrons. The number of amides is 1. The standard InChI is InChI=1S/C17H17N3O3S/c1-3-8-20-12-7-5-4-6-11(12)14(21)13(16(20)23)15(22)19-17-18-10(2)9-24-17/h4-7,9,21H,3,8H2,1-2H3,(H,18,19,22). The number of thiazole rings is 1. The maximum absolute atomic E-state index is 12.8. The van der Waals surface area contributed by atoms with Crippen molar-refractivity contribution in [1.82, 2.24) is 9.55 Å². The highest BCUT2D eigenvalue weighted by Gasteiger charge is 2.22. The van der Waals surface area contributed by atoms with Gasteiger partial charge in [-0.05, 0) is 25.5 Å². The van der Waals surface area contributed by atoms with Crippen LogP contribution in [0.3, 0.4) is 0 Å². The number of aromatic hydroxyl groups is 1. The molecule has 0 bridgehead atoms. The molecule has 0 aliphatic heterocycles. The normalized spacial score (nSPS) is 10.9. The summed E-state index contributed by atoms with van der Waals surface area (Å²) in [7, 11) is 0. The quantitative estimate of drug-likeness (QED) is 0.762. The second kappa shape index (κ2) is 6.45. The van der Waals surface area contributed by atoms with Crippen LogP contribution < -0.4 is 10.9 Å². The Morgan fingerprint density at radius 2 is 2.12 bits per heavy atom. The van der Waals surface area contributed by atoms with Gasteiger partial charge in [-0.1, -0.05) is 19.1 Å². The molecule has 2 N–H and O–H groups in total. The average molecular weight is 343 g/mol. The van der Waals surface area contributed by atoms with Crippen LogP contribution in [0.4, 0.5) is 5.13 Å². The molecule has 24 heavy (non-hydrogen) atoms. The number of hydrogen-bond donors (Lipinski definition) is 2. The third kappa shape index (κ3) is 2.78. The minimum absolute atomic E-state index is 0.255. The molecule has 0 spiro atoms. The number of carbonyl (C=O) groups is 1. The van der Waals surface area contributed by atoms with E-state index >= 15 is 0 Å². The highest BCUT2D eigenvalue weighted by Crippen LogP contribution is 2.27. The van der Waals surface area contributed by atoms with Crippen LogP contribution in [0.5, 0.6) is 5.75 Å². The van der Waals surface area contributed by atoms with Crippen molar-refractivity contribution in [2.75, 3.05) is 5.32 Å². The van der Waals surface area contributed by atoms with Crippen molar-refractivity contribution < 1.29 is 9.90 Å². The Bertz CT molecular complexity index is 975. The van der Waals surface area contributed by atoms with Gasteiger partial charge in [0.1, 0.15) is 11.3 Å². The molecule has 0 aliphatic rings. The minimum Gasteiger partial charge on any atom is -0.506 e. The number of benzene rings is 1. The second-order valence-electron chi connectivity index (χ2n) is 5.45. The zero-order valence-corrected chi connectivity index (χ0v) is 14.2. The van der Waals surface area contributed by atoms with Crippen LogP contribution in [0.2, 0.25) is 0 Å². The third-order valence-corrected chi connectivity index (χ3v) is 4.54. The number of nitrogens with one attached hydrogen (secondary N) is 1. The highest BCUT2D eigenvalue weighted by molar-refractivity contribution is 7.13. The van der Waals surface area contributed by atoms with Gasteiger partial charge >= 0.3 is 0 Å². The first-order valence-electron chi connectivity index (χ1n) is 7.61. The van der Waals surface area contributed by atoms with E-state index in [2.05, 4.69) is 10.3 Å². The Balaban J connectivity index is 2.16. The van der Waals surface area contributed by atoms with Gasteiger partial charge in [0.15, 0.2) is 5.13 Å². The lowest BCUT2D eigenvalue weighted by Gasteiger charge is -2.13. The Morgan fingerprint density at radius 3 is 2.79 bits per heavy atom. The SMILES string of the molecule is CCCn1c(=O)c(C(=O)Nc2nc(C)cs2)c(O)c2ccccc21. The van der Waals surface area contributed by atoms with Gasteiger partial charge in [0.05, 0.1) is 11.2 Å². The van der Waals surface area contributed by atoms with Crippen molar-refractivity contribution in [3.63, 3.8) is 0 Å². The summed E-state index contributed by atoms with van der Waals surface area (Å²) in [5, 5.41) is 15.7. The lowest BCUT2D eigenvalue weighted by Crippen LogP contribution is -2.29. The van der Waals surface area contributed by atoms with Gasteiger partial charge in [0.25, 0.3) is 11.5 Å². The van der Waals surface area contributed by atoms with E-state index in [0.717, 1.165) is 12.1 Å². The lowest BCUT2D eigenvalue weighted by molar-refractivity contribution is 0.102. The number of aryl methyl sites for hydroxylation is 2. The summed E-state index contributed by atoms with van der Waals surface area (Å²) in [6, 6.07) is 7.01. The van der Waals surface area contributed by atoms with Gasteiger partial charge < -0.3 is 9.67 Å². The molecule has 2 heterocycles. The molecule has 124 valence electrons. The number of aromatic nitrogens is 2. The highest BCUT2D eigenvalue weighted by atomic mass is 32.1. The summed E-state index contributed by atoms with van der Waals surface area (Å²) in [5.74, 6) is -0.948. The maximum atomic E-state index is 12.8. The molecule has 2 aromatic heterocycles. The first-order valence-corrected chi connectivity index (χ1v) is 8.49. The molecule has 6 nitrogen and oxygen atoms in total. The van der Waals surface area contributed by atoms with Gasteiger partial charge in [-0.15, -0.1) is 11.3 Å². The number of para-hydroxylation sites is 1. The second-order valence-corrected chi connectivity index (χ2v) is 6.30. The van der Waals surface area contributed by atoms with Gasteiger partial charge in [-0.2, -0.15) is 0 Å². The molecule has 0 fully saturated rings. The van der Waals surface area contributed by atoms with Crippen molar-refractivity contribution in [2.45, 2.75) is 26.8 Å². The van der Waals surface area contributed by atoms with Crippen LogP contribution in [0, 0.1) is 6.92 Å². The van der Waals surface area contributed by atoms with E-state index in [1.807, 2.05) is 13.8 Å². The summed E-state index contributed by atoms with van der Waals surface area (Å²) < 4.78 is 1.52. The number of anilines is 1. The summed E-state index contributed by atoms with van der Waals surface area (Å²) in [6.45, 7) is 4.23. The van der Waals surface area contributed by atoms with E-state index in [4.69, 9.17) is 0 Å². The monoisotopic (exact) mass is 343 g/mol. The van der Waals surface area contributed by atoms with Crippen molar-refractivity contribution in [3.8, 4) is 5.75 Å². The number of rotatable bonds is 4. The van der Waals surface area contributed by atoms with Crippen molar-refractivity contribution in [2.24, 2.45) is 0 Å². The largest absolute Gasteiger partial charge is 0.506 e. The summed E-state index contributed by atoms with van der Waals surface area (Å²) in [6.07, 6.45) is 0.738. The molecule has 3 aromatic rings. The summed E-state index contributed by atoms with van der Waals surface area (Å²) in [5.41, 5.74) is 0.638. The molecule has 0 saturated heterocycles. The average Bonchev–Trinajstić information content (AvgIpc) is 2.96. The Kier molecular flexibility index (Phi) is 4.35. The van der Waals surface area contributed by atoms with E-state index in [9.17, 15) is 14.7 Å². The summed E-state index contributed by atoms with van der Waals surface area (Å²) >= 11 is 1.27. The lowest BCUT2D eigenvalue weighted by atomic mass is 10.1. The molecule has 0 saturated carbocycles. The molecular formula is C17H17N3O3S. The molecule has 0 atom stereocenters. The van der Waals surface area contributed by atoms with Crippen LogP contribution >= 0.6 is 11.3 Å². The Morgan fingerprint density at radius 1 is 1.38 bits per heavy atom. The van der Waals surface area contributed by atoms with Gasteiger partial charge in [-0.3, -0.25) is 14.9 Å². The number of hydrogen-bond acceptors (Lipinski definition) is 5. The molecule has 7 heteroatoms. The van der Waals surface area contributed by atoms with Gasteiger partial charge in [0.2, 0.25) is 0 Å². The number of fused-ring (bicyclic) bond motifs is 1. The van der Waals surface area contributed by atoms with Gasteiger partial charge in [0, 0.05) is 17.3 Å². The molecule has 0 unspecified atom stereocenters. The van der Waals surface area contributed by atoms with Crippen LogP contribution in [0.15, 0.2) is 34.4 Å². The fourth-order valence-electron chi connectivity index (χ4n) is 2.61. The van der Waals surface area contributed by atoms with Crippen LogP contribution in [-0.4, -0.2) is 20.6 Å². The Labute approximate surface area is 142 Å². The fraction of sp³-hybridized carbons (Fsp3) is 0.235. The summed E-state index contributed by atoms with van der Waals surface area (Å²) in [4.78, 5) is 29.5. The molecule has 1 aromatic carbocycles. The Hall–Kier alpha value is -2.67. The zero-order valence-electron chi connectivity index (χ0n) is 13.4. The smallest absolute Gasteiger partial charge is 0.267 e. The van der Waals surface area contributed by atoms with Crippen LogP contribution in [0.25, 0.3) is 10.9 Å². The van der Waals surface area contributed by atoms with Gasteiger partial charge in [-0.25, -0.2) is 4.98 Å².